The van der Waals surface area contributed by atoms with Crippen LogP contribution < -0.4 is 5.73 Å². The number of aromatic nitrogens is 1. The van der Waals surface area contributed by atoms with Crippen LogP contribution in [0.15, 0.2) is 29.4 Å². The first-order chi connectivity index (χ1) is 9.88. The van der Waals surface area contributed by atoms with Gasteiger partial charge in [0.15, 0.2) is 5.84 Å². The number of hydrogen-bond donors (Lipinski definition) is 2. The van der Waals surface area contributed by atoms with Crippen LogP contribution in [0.1, 0.15) is 12.0 Å². The molecule has 3 N–H and O–H groups in total. The van der Waals surface area contributed by atoms with E-state index in [0.717, 1.165) is 12.1 Å². The fourth-order valence-corrected chi connectivity index (χ4v) is 2.02. The van der Waals surface area contributed by atoms with Gasteiger partial charge < -0.3 is 15.5 Å². The second kappa shape index (κ2) is 5.31. The Balaban J connectivity index is 2.85. The molecule has 21 heavy (non-hydrogen) atoms. The highest BCUT2D eigenvalue weighted by Crippen LogP contribution is 2.33. The zero-order valence-corrected chi connectivity index (χ0v) is 10.3. The van der Waals surface area contributed by atoms with E-state index >= 15 is 0 Å². The van der Waals surface area contributed by atoms with E-state index in [1.807, 2.05) is 0 Å². The van der Waals surface area contributed by atoms with E-state index < -0.39 is 29.2 Å². The summed E-state index contributed by atoms with van der Waals surface area (Å²) in [6, 6.07) is 4.62. The first kappa shape index (κ1) is 14.6. The van der Waals surface area contributed by atoms with E-state index in [-0.39, 0.29) is 16.6 Å². The number of nitro benzene ring substituents is 1. The molecule has 2 aromatic rings. The molecule has 7 nitrogen and oxygen atoms in total. The maximum Gasteiger partial charge on any atom is 0.288 e. The van der Waals surface area contributed by atoms with Gasteiger partial charge in [-0.3, -0.25) is 10.1 Å². The molecular formula is C11H9F3N4O3. The van der Waals surface area contributed by atoms with E-state index in [4.69, 9.17) is 10.9 Å². The van der Waals surface area contributed by atoms with Crippen molar-refractivity contribution in [1.82, 2.24) is 4.57 Å². The van der Waals surface area contributed by atoms with E-state index in [1.54, 1.807) is 0 Å². The van der Waals surface area contributed by atoms with Crippen molar-refractivity contribution in [1.29, 1.82) is 0 Å². The Labute approximate surface area is 115 Å². The number of fused-ring (bicyclic) bond motifs is 1. The van der Waals surface area contributed by atoms with Crippen molar-refractivity contribution in [3.63, 3.8) is 0 Å². The number of alkyl halides is 3. The minimum Gasteiger partial charge on any atom is -0.409 e. The largest absolute Gasteiger partial charge is 0.409 e. The molecule has 1 aromatic carbocycles. The molecule has 0 amide bonds. The maximum absolute atomic E-state index is 13.8. The smallest absolute Gasteiger partial charge is 0.288 e. The zero-order valence-electron chi connectivity index (χ0n) is 10.3. The van der Waals surface area contributed by atoms with Gasteiger partial charge in [-0.05, 0) is 12.1 Å². The fraction of sp³-hybridized carbons (Fsp3) is 0.182. The van der Waals surface area contributed by atoms with Gasteiger partial charge in [-0.25, -0.2) is 13.2 Å². The van der Waals surface area contributed by atoms with Crippen LogP contribution in [-0.2, 0) is 0 Å². The maximum atomic E-state index is 13.8. The van der Waals surface area contributed by atoms with Crippen LogP contribution in [0, 0.1) is 10.1 Å². The SMILES string of the molecule is NC(=NO)c1cc2c([N+](=O)[O-])cccc2n1C(F)C(F)F. The van der Waals surface area contributed by atoms with Gasteiger partial charge in [0.1, 0.15) is 0 Å². The van der Waals surface area contributed by atoms with Crippen LogP contribution in [0.5, 0.6) is 0 Å². The van der Waals surface area contributed by atoms with E-state index in [1.165, 1.54) is 12.1 Å². The number of halogens is 3. The lowest BCUT2D eigenvalue weighted by molar-refractivity contribution is -0.383. The molecule has 112 valence electrons. The average Bonchev–Trinajstić information content (AvgIpc) is 2.84. The first-order valence-electron chi connectivity index (χ1n) is 5.57. The number of hydrogen-bond acceptors (Lipinski definition) is 4. The molecule has 2 rings (SSSR count). The number of nitrogens with two attached hydrogens (primary N) is 1. The summed E-state index contributed by atoms with van der Waals surface area (Å²) >= 11 is 0. The quantitative estimate of drug-likeness (QED) is 0.297. The van der Waals surface area contributed by atoms with Gasteiger partial charge in [0.25, 0.3) is 12.1 Å². The van der Waals surface area contributed by atoms with Crippen LogP contribution >= 0.6 is 0 Å². The summed E-state index contributed by atoms with van der Waals surface area (Å²) in [6.45, 7) is 0. The predicted octanol–water partition coefficient (Wildman–Crippen LogP) is 2.38. The van der Waals surface area contributed by atoms with E-state index in [0.29, 0.717) is 4.57 Å². The second-order valence-electron chi connectivity index (χ2n) is 4.06. The lowest BCUT2D eigenvalue weighted by Crippen LogP contribution is -2.22. The van der Waals surface area contributed by atoms with Crippen LogP contribution in [0.2, 0.25) is 0 Å². The number of benzene rings is 1. The molecule has 1 heterocycles. The van der Waals surface area contributed by atoms with Crippen molar-refractivity contribution in [3.05, 3.63) is 40.1 Å². The van der Waals surface area contributed by atoms with Crippen molar-refractivity contribution in [3.8, 4) is 0 Å². The van der Waals surface area contributed by atoms with Crippen LogP contribution in [0.4, 0.5) is 18.9 Å². The van der Waals surface area contributed by atoms with E-state index in [9.17, 15) is 23.3 Å². The summed E-state index contributed by atoms with van der Waals surface area (Å²) in [7, 11) is 0. The summed E-state index contributed by atoms with van der Waals surface area (Å²) in [5.41, 5.74) is 4.38. The van der Waals surface area contributed by atoms with Gasteiger partial charge >= 0.3 is 0 Å². The standard InChI is InChI=1S/C11H9F3N4O3/c12-9(13)10(14)17-6-2-1-3-7(18(20)21)5(6)4-8(17)11(15)16-19/h1-4,9-10,19H,(H2,15,16). The highest BCUT2D eigenvalue weighted by atomic mass is 19.3. The Kier molecular flexibility index (Phi) is 3.70. The molecule has 0 aliphatic carbocycles. The molecule has 0 spiro atoms. The lowest BCUT2D eigenvalue weighted by atomic mass is 10.2. The molecule has 1 atom stereocenters. The van der Waals surface area contributed by atoms with Gasteiger partial charge in [-0.1, -0.05) is 11.2 Å². The monoisotopic (exact) mass is 302 g/mol. The number of nitro groups is 1. The minimum absolute atomic E-state index is 0.0904. The summed E-state index contributed by atoms with van der Waals surface area (Å²) < 4.78 is 39.5. The third-order valence-electron chi connectivity index (χ3n) is 2.88. The van der Waals surface area contributed by atoms with Gasteiger partial charge in [0.2, 0.25) is 6.30 Å². The normalized spacial score (nSPS) is 13.8. The Morgan fingerprint density at radius 3 is 2.62 bits per heavy atom. The number of nitrogens with zero attached hydrogens (tertiary/aromatic N) is 3. The number of non-ortho nitro benzene ring substituents is 1. The first-order valence-corrected chi connectivity index (χ1v) is 5.57. The summed E-state index contributed by atoms with van der Waals surface area (Å²) in [5.74, 6) is -0.635. The zero-order chi connectivity index (χ0) is 15.7. The lowest BCUT2D eigenvalue weighted by Gasteiger charge is -2.14. The van der Waals surface area contributed by atoms with Gasteiger partial charge in [-0.15, -0.1) is 0 Å². The number of oxime groups is 1. The Morgan fingerprint density at radius 1 is 1.43 bits per heavy atom. The third-order valence-corrected chi connectivity index (χ3v) is 2.88. The molecule has 10 heteroatoms. The second-order valence-corrected chi connectivity index (χ2v) is 4.06. The third kappa shape index (κ3) is 2.35. The number of amidine groups is 1. The Hall–Kier alpha value is -2.78. The molecule has 0 saturated carbocycles. The topological polar surface area (TPSA) is 107 Å². The predicted molar refractivity (Wildman–Crippen MR) is 67.3 cm³/mol. The number of rotatable bonds is 4. The highest BCUT2D eigenvalue weighted by Gasteiger charge is 2.29. The van der Waals surface area contributed by atoms with Crippen molar-refractivity contribution >= 4 is 22.4 Å². The minimum atomic E-state index is -3.38. The summed E-state index contributed by atoms with van der Waals surface area (Å²) in [6.07, 6.45) is -6.18. The van der Waals surface area contributed by atoms with Gasteiger partial charge in [0, 0.05) is 6.07 Å². The molecule has 0 fully saturated rings. The molecule has 0 aliphatic heterocycles. The summed E-state index contributed by atoms with van der Waals surface area (Å²) in [5, 5.41) is 22.1. The molecule has 0 aliphatic rings. The van der Waals surface area contributed by atoms with Crippen LogP contribution in [-0.4, -0.2) is 27.0 Å². The molecular weight excluding hydrogens is 293 g/mol. The molecule has 0 bridgehead atoms. The van der Waals surface area contributed by atoms with Gasteiger partial charge in [0.05, 0.1) is 21.5 Å². The van der Waals surface area contributed by atoms with Crippen LogP contribution in [0.3, 0.4) is 0 Å². The van der Waals surface area contributed by atoms with Crippen LogP contribution in [0.25, 0.3) is 10.9 Å². The molecule has 0 saturated heterocycles. The van der Waals surface area contributed by atoms with Crippen molar-refractivity contribution in [2.45, 2.75) is 12.7 Å². The van der Waals surface area contributed by atoms with E-state index in [2.05, 4.69) is 5.16 Å². The Bertz CT molecular complexity index is 729. The fourth-order valence-electron chi connectivity index (χ4n) is 2.02. The van der Waals surface area contributed by atoms with Crippen molar-refractivity contribution < 1.29 is 23.3 Å². The molecule has 0 radical (unpaired) electrons. The molecule has 1 unspecified atom stereocenters. The van der Waals surface area contributed by atoms with Crippen molar-refractivity contribution in [2.24, 2.45) is 10.9 Å². The average molecular weight is 302 g/mol. The van der Waals surface area contributed by atoms with Gasteiger partial charge in [-0.2, -0.15) is 0 Å². The summed E-state index contributed by atoms with van der Waals surface area (Å²) in [4.78, 5) is 10.2. The highest BCUT2D eigenvalue weighted by molar-refractivity contribution is 6.03. The Morgan fingerprint density at radius 2 is 2.10 bits per heavy atom. The molecule has 1 aromatic heterocycles. The van der Waals surface area contributed by atoms with Crippen molar-refractivity contribution in [2.75, 3.05) is 0 Å².